The summed E-state index contributed by atoms with van der Waals surface area (Å²) in [6.07, 6.45) is 3.59. The Morgan fingerprint density at radius 2 is 2.22 bits per heavy atom. The Balaban J connectivity index is 1.48. The second kappa shape index (κ2) is 6.81. The number of amides is 2. The van der Waals surface area contributed by atoms with Crippen LogP contribution >= 0.6 is 0 Å². The van der Waals surface area contributed by atoms with Gasteiger partial charge >= 0.3 is 6.03 Å². The van der Waals surface area contributed by atoms with Gasteiger partial charge in [0.2, 0.25) is 0 Å². The number of aromatic nitrogens is 2. The predicted molar refractivity (Wildman–Crippen MR) is 85.3 cm³/mol. The van der Waals surface area contributed by atoms with Crippen LogP contribution < -0.4 is 5.32 Å². The van der Waals surface area contributed by atoms with E-state index >= 15 is 0 Å². The molecule has 0 spiro atoms. The summed E-state index contributed by atoms with van der Waals surface area (Å²) in [4.78, 5) is 14.1. The fourth-order valence-corrected chi connectivity index (χ4v) is 2.97. The molecule has 1 saturated heterocycles. The lowest BCUT2D eigenvalue weighted by molar-refractivity contribution is 0.206. The molecular formula is C17H21FN4O. The summed E-state index contributed by atoms with van der Waals surface area (Å²) in [7, 11) is 0. The Hall–Kier alpha value is -2.37. The first-order valence-corrected chi connectivity index (χ1v) is 7.88. The molecule has 1 unspecified atom stereocenters. The van der Waals surface area contributed by atoms with E-state index in [9.17, 15) is 9.18 Å². The Labute approximate surface area is 134 Å². The van der Waals surface area contributed by atoms with Crippen LogP contribution in [0.4, 0.5) is 9.18 Å². The third-order valence-electron chi connectivity index (χ3n) is 4.38. The number of nitrogens with zero attached hydrogens (tertiary/aromatic N) is 2. The summed E-state index contributed by atoms with van der Waals surface area (Å²) in [5.41, 5.74) is 3.09. The number of aryl methyl sites for hydroxylation is 1. The number of hydrogen-bond donors (Lipinski definition) is 2. The number of benzene rings is 1. The van der Waals surface area contributed by atoms with E-state index in [2.05, 4.69) is 15.5 Å². The van der Waals surface area contributed by atoms with Gasteiger partial charge in [0.1, 0.15) is 5.82 Å². The van der Waals surface area contributed by atoms with Gasteiger partial charge in [-0.2, -0.15) is 5.10 Å². The van der Waals surface area contributed by atoms with E-state index in [0.29, 0.717) is 12.5 Å². The average molecular weight is 316 g/mol. The Bertz CT molecular complexity index is 667. The van der Waals surface area contributed by atoms with Crippen molar-refractivity contribution < 1.29 is 9.18 Å². The molecule has 1 aliphatic rings. The van der Waals surface area contributed by atoms with Gasteiger partial charge in [0.15, 0.2) is 0 Å². The largest absolute Gasteiger partial charge is 0.334 e. The summed E-state index contributed by atoms with van der Waals surface area (Å²) < 4.78 is 12.9. The van der Waals surface area contributed by atoms with Crippen LogP contribution in [0.1, 0.15) is 23.2 Å². The molecule has 2 aromatic rings. The maximum Gasteiger partial charge on any atom is 0.317 e. The molecule has 1 aromatic carbocycles. The molecule has 2 amide bonds. The highest BCUT2D eigenvalue weighted by Crippen LogP contribution is 2.21. The molecule has 6 heteroatoms. The van der Waals surface area contributed by atoms with Crippen LogP contribution in [-0.4, -0.2) is 34.2 Å². The zero-order valence-electron chi connectivity index (χ0n) is 13.2. The van der Waals surface area contributed by atoms with Gasteiger partial charge in [-0.15, -0.1) is 0 Å². The molecule has 2 heterocycles. The zero-order valence-corrected chi connectivity index (χ0v) is 13.2. The highest BCUT2D eigenvalue weighted by molar-refractivity contribution is 5.74. The number of carbonyl (C=O) groups is 1. The van der Waals surface area contributed by atoms with Gasteiger partial charge in [0, 0.05) is 30.9 Å². The van der Waals surface area contributed by atoms with E-state index in [1.54, 1.807) is 6.20 Å². The number of likely N-dealkylation sites (tertiary alicyclic amines) is 1. The third-order valence-corrected chi connectivity index (χ3v) is 4.38. The molecule has 23 heavy (non-hydrogen) atoms. The molecule has 1 fully saturated rings. The molecule has 5 nitrogen and oxygen atoms in total. The highest BCUT2D eigenvalue weighted by Gasteiger charge is 2.26. The first-order valence-electron chi connectivity index (χ1n) is 7.88. The number of H-pyrrole nitrogens is 1. The number of hydrogen-bond acceptors (Lipinski definition) is 2. The molecule has 3 rings (SSSR count). The number of rotatable bonds is 4. The summed E-state index contributed by atoms with van der Waals surface area (Å²) >= 11 is 0. The zero-order chi connectivity index (χ0) is 16.2. The van der Waals surface area contributed by atoms with Crippen LogP contribution in [0, 0.1) is 18.7 Å². The summed E-state index contributed by atoms with van der Waals surface area (Å²) in [5.74, 6) is 0.220. The van der Waals surface area contributed by atoms with Crippen LogP contribution in [0.2, 0.25) is 0 Å². The highest BCUT2D eigenvalue weighted by atomic mass is 19.1. The van der Waals surface area contributed by atoms with E-state index in [1.165, 1.54) is 12.1 Å². The second-order valence-electron chi connectivity index (χ2n) is 6.11. The molecule has 1 aliphatic heterocycles. The SMILES string of the molecule is Cc1[nH]ncc1CNC(=O)N1CCC(Cc2ccc(F)cc2)C1. The quantitative estimate of drug-likeness (QED) is 0.911. The van der Waals surface area contributed by atoms with Crippen molar-refractivity contribution in [3.8, 4) is 0 Å². The van der Waals surface area contributed by atoms with Crippen molar-refractivity contribution in [1.29, 1.82) is 0 Å². The van der Waals surface area contributed by atoms with Gasteiger partial charge in [0.05, 0.1) is 6.20 Å². The summed E-state index contributed by atoms with van der Waals surface area (Å²) in [6, 6.07) is 6.58. The van der Waals surface area contributed by atoms with Crippen LogP contribution in [0.25, 0.3) is 0 Å². The first-order chi connectivity index (χ1) is 11.1. The number of nitrogens with one attached hydrogen (secondary N) is 2. The van der Waals surface area contributed by atoms with Crippen molar-refractivity contribution in [2.24, 2.45) is 5.92 Å². The van der Waals surface area contributed by atoms with Crippen molar-refractivity contribution >= 4 is 6.03 Å². The molecule has 0 aliphatic carbocycles. The smallest absolute Gasteiger partial charge is 0.317 e. The molecule has 1 aromatic heterocycles. The van der Waals surface area contributed by atoms with Crippen molar-refractivity contribution in [3.63, 3.8) is 0 Å². The maximum absolute atomic E-state index is 12.9. The monoisotopic (exact) mass is 316 g/mol. The van der Waals surface area contributed by atoms with Crippen LogP contribution in [0.15, 0.2) is 30.5 Å². The molecule has 122 valence electrons. The van der Waals surface area contributed by atoms with Gasteiger partial charge in [-0.3, -0.25) is 5.10 Å². The molecular weight excluding hydrogens is 295 g/mol. The molecule has 0 bridgehead atoms. The Kier molecular flexibility index (Phi) is 4.60. The lowest BCUT2D eigenvalue weighted by atomic mass is 9.99. The minimum atomic E-state index is -0.212. The second-order valence-corrected chi connectivity index (χ2v) is 6.11. The van der Waals surface area contributed by atoms with E-state index in [1.807, 2.05) is 24.0 Å². The standard InChI is InChI=1S/C17H21FN4O/c1-12-15(10-20-21-12)9-19-17(23)22-7-6-14(11-22)8-13-2-4-16(18)5-3-13/h2-5,10,14H,6-9,11H2,1H3,(H,19,23)(H,20,21). The van der Waals surface area contributed by atoms with Gasteiger partial charge in [0.25, 0.3) is 0 Å². The minimum Gasteiger partial charge on any atom is -0.334 e. The number of aromatic amines is 1. The van der Waals surface area contributed by atoms with E-state index in [4.69, 9.17) is 0 Å². The third kappa shape index (κ3) is 3.88. The maximum atomic E-state index is 12.9. The fourth-order valence-electron chi connectivity index (χ4n) is 2.97. The van der Waals surface area contributed by atoms with Crippen molar-refractivity contribution in [2.75, 3.05) is 13.1 Å². The topological polar surface area (TPSA) is 61.0 Å². The van der Waals surface area contributed by atoms with Gasteiger partial charge in [-0.25, -0.2) is 9.18 Å². The van der Waals surface area contributed by atoms with Gasteiger partial charge in [-0.05, 0) is 43.4 Å². The van der Waals surface area contributed by atoms with Crippen molar-refractivity contribution in [2.45, 2.75) is 26.3 Å². The van der Waals surface area contributed by atoms with Crippen LogP contribution in [0.3, 0.4) is 0 Å². The number of carbonyl (C=O) groups excluding carboxylic acids is 1. The molecule has 2 N–H and O–H groups in total. The van der Waals surface area contributed by atoms with Gasteiger partial charge in [-0.1, -0.05) is 12.1 Å². The first kappa shape index (κ1) is 15.5. The summed E-state index contributed by atoms with van der Waals surface area (Å²) in [5, 5.41) is 9.74. The molecule has 0 saturated carbocycles. The molecule has 0 radical (unpaired) electrons. The molecule has 1 atom stereocenters. The Morgan fingerprint density at radius 1 is 1.43 bits per heavy atom. The van der Waals surface area contributed by atoms with Crippen LogP contribution in [-0.2, 0) is 13.0 Å². The number of halogens is 1. The van der Waals surface area contributed by atoms with E-state index < -0.39 is 0 Å². The normalized spacial score (nSPS) is 17.5. The Morgan fingerprint density at radius 3 is 2.91 bits per heavy atom. The lowest BCUT2D eigenvalue weighted by Crippen LogP contribution is -2.38. The van der Waals surface area contributed by atoms with Crippen molar-refractivity contribution in [1.82, 2.24) is 20.4 Å². The number of urea groups is 1. The van der Waals surface area contributed by atoms with Crippen molar-refractivity contribution in [3.05, 3.63) is 53.1 Å². The fraction of sp³-hybridized carbons (Fsp3) is 0.412. The lowest BCUT2D eigenvalue weighted by Gasteiger charge is -2.17. The predicted octanol–water partition coefficient (Wildman–Crippen LogP) is 2.63. The summed E-state index contributed by atoms with van der Waals surface area (Å²) in [6.45, 7) is 3.93. The minimum absolute atomic E-state index is 0.0350. The van der Waals surface area contributed by atoms with E-state index in [0.717, 1.165) is 42.8 Å². The van der Waals surface area contributed by atoms with E-state index in [-0.39, 0.29) is 11.8 Å². The average Bonchev–Trinajstić information content (AvgIpc) is 3.16. The van der Waals surface area contributed by atoms with Gasteiger partial charge < -0.3 is 10.2 Å². The van der Waals surface area contributed by atoms with Crippen LogP contribution in [0.5, 0.6) is 0 Å².